The van der Waals surface area contributed by atoms with Crippen molar-refractivity contribution in [3.8, 4) is 0 Å². The van der Waals surface area contributed by atoms with Gasteiger partial charge in [-0.3, -0.25) is 0 Å². The lowest BCUT2D eigenvalue weighted by molar-refractivity contribution is 0.571. The van der Waals surface area contributed by atoms with Crippen LogP contribution in [0.5, 0.6) is 0 Å². The maximum atomic E-state index is 3.80. The van der Waals surface area contributed by atoms with Crippen molar-refractivity contribution in [2.75, 3.05) is 0 Å². The molecule has 0 aromatic rings. The second-order valence-corrected chi connectivity index (χ2v) is 14.0. The van der Waals surface area contributed by atoms with Gasteiger partial charge in [-0.25, -0.2) is 0 Å². The number of rotatable bonds is 19. The molecule has 0 amide bonds. The van der Waals surface area contributed by atoms with E-state index in [0.717, 1.165) is 0 Å². The van der Waals surface area contributed by atoms with Crippen molar-refractivity contribution >= 4 is 8.07 Å². The molecule has 0 nitrogen and oxygen atoms in total. The predicted molar refractivity (Wildman–Crippen MR) is 117 cm³/mol. The Morgan fingerprint density at radius 2 is 0.958 bits per heavy atom. The second-order valence-electron chi connectivity index (χ2n) is 8.69. The zero-order valence-corrected chi connectivity index (χ0v) is 18.5. The molecule has 0 radical (unpaired) electrons. The molecule has 0 atom stereocenters. The molecule has 1 heteroatoms. The molecule has 0 aliphatic heterocycles. The minimum Gasteiger partial charge on any atom is -0.103 e. The van der Waals surface area contributed by atoms with E-state index in [1.54, 1.807) is 12.1 Å². The van der Waals surface area contributed by atoms with Crippen LogP contribution in [0.25, 0.3) is 0 Å². The van der Waals surface area contributed by atoms with Gasteiger partial charge in [-0.15, -0.1) is 6.58 Å². The summed E-state index contributed by atoms with van der Waals surface area (Å²) in [6.07, 6.45) is 25.1. The van der Waals surface area contributed by atoms with Crippen molar-refractivity contribution in [2.24, 2.45) is 0 Å². The summed E-state index contributed by atoms with van der Waals surface area (Å²) in [6.45, 7) is 11.4. The van der Waals surface area contributed by atoms with Crippen molar-refractivity contribution in [1.82, 2.24) is 0 Å². The van der Waals surface area contributed by atoms with Crippen molar-refractivity contribution < 1.29 is 0 Å². The summed E-state index contributed by atoms with van der Waals surface area (Å²) in [4.78, 5) is 0. The minimum atomic E-state index is -0.884. The predicted octanol–water partition coefficient (Wildman–Crippen LogP) is 9.14. The largest absolute Gasteiger partial charge is 0.103 e. The zero-order valence-electron chi connectivity index (χ0n) is 17.5. The lowest BCUT2D eigenvalue weighted by atomic mass is 10.1. The van der Waals surface area contributed by atoms with Crippen molar-refractivity contribution in [2.45, 2.75) is 135 Å². The molecule has 0 rings (SSSR count). The number of allylic oxidation sites excluding steroid dienone is 1. The van der Waals surface area contributed by atoms with Crippen LogP contribution in [-0.4, -0.2) is 8.07 Å². The Balaban J connectivity index is 3.34. The quantitative estimate of drug-likeness (QED) is 0.123. The van der Waals surface area contributed by atoms with Crippen LogP contribution >= 0.6 is 0 Å². The molecule has 0 aliphatic rings. The normalized spacial score (nSPS) is 11.8. The van der Waals surface area contributed by atoms with E-state index in [0.29, 0.717) is 0 Å². The van der Waals surface area contributed by atoms with E-state index >= 15 is 0 Å². The highest BCUT2D eigenvalue weighted by Gasteiger charge is 2.18. The summed E-state index contributed by atoms with van der Waals surface area (Å²) in [5.74, 6) is 0. The molecule has 0 aromatic heterocycles. The summed E-state index contributed by atoms with van der Waals surface area (Å²) in [5.41, 5.74) is 0. The molecule has 0 unspecified atom stereocenters. The highest BCUT2D eigenvalue weighted by Crippen LogP contribution is 2.23. The van der Waals surface area contributed by atoms with Gasteiger partial charge in [0, 0.05) is 8.07 Å². The van der Waals surface area contributed by atoms with E-state index in [-0.39, 0.29) is 0 Å². The summed E-state index contributed by atoms with van der Waals surface area (Å²) >= 11 is 0. The van der Waals surface area contributed by atoms with Crippen molar-refractivity contribution in [1.29, 1.82) is 0 Å². The fourth-order valence-electron chi connectivity index (χ4n) is 3.64. The highest BCUT2D eigenvalue weighted by atomic mass is 28.3. The van der Waals surface area contributed by atoms with Gasteiger partial charge < -0.3 is 0 Å². The molecule has 0 aromatic carbocycles. The maximum Gasteiger partial charge on any atom is 0.0473 e. The Bertz CT molecular complexity index is 257. The summed E-state index contributed by atoms with van der Waals surface area (Å²) in [7, 11) is -0.884. The van der Waals surface area contributed by atoms with Gasteiger partial charge in [-0.2, -0.15) is 0 Å². The Morgan fingerprint density at radius 1 is 0.583 bits per heavy atom. The average molecular weight is 353 g/mol. The fourth-order valence-corrected chi connectivity index (χ4v) is 6.30. The van der Waals surface area contributed by atoms with Crippen LogP contribution in [0.4, 0.5) is 0 Å². The third-order valence-electron chi connectivity index (χ3n) is 5.47. The Hall–Kier alpha value is -0.0431. The van der Waals surface area contributed by atoms with E-state index in [1.165, 1.54) is 103 Å². The van der Waals surface area contributed by atoms with Crippen molar-refractivity contribution in [3.63, 3.8) is 0 Å². The summed E-state index contributed by atoms with van der Waals surface area (Å²) in [5, 5.41) is 0. The van der Waals surface area contributed by atoms with E-state index in [9.17, 15) is 0 Å². The molecule has 0 saturated heterocycles. The molecule has 144 valence electrons. The van der Waals surface area contributed by atoms with Gasteiger partial charge in [0.2, 0.25) is 0 Å². The van der Waals surface area contributed by atoms with Crippen molar-refractivity contribution in [3.05, 3.63) is 12.7 Å². The lowest BCUT2D eigenvalue weighted by Crippen LogP contribution is -2.24. The van der Waals surface area contributed by atoms with E-state index in [1.807, 2.05) is 0 Å². The third-order valence-corrected chi connectivity index (χ3v) is 8.88. The van der Waals surface area contributed by atoms with E-state index in [4.69, 9.17) is 0 Å². The standard InChI is InChI=1S/C23H48Si/c1-5-7-9-11-13-15-17-19-21-23-24(3,4)22-20-18-16-14-12-10-8-6-2/h6H,2,5,7-23H2,1,3-4H3. The molecule has 0 aliphatic carbocycles. The van der Waals surface area contributed by atoms with Gasteiger partial charge in [0.25, 0.3) is 0 Å². The molecule has 24 heavy (non-hydrogen) atoms. The van der Waals surface area contributed by atoms with Gasteiger partial charge in [-0.1, -0.05) is 128 Å². The Labute approximate surface area is 155 Å². The Morgan fingerprint density at radius 3 is 1.38 bits per heavy atom. The van der Waals surface area contributed by atoms with E-state index < -0.39 is 8.07 Å². The molecular weight excluding hydrogens is 304 g/mol. The van der Waals surface area contributed by atoms with E-state index in [2.05, 4.69) is 32.7 Å². The first-order chi connectivity index (χ1) is 11.6. The van der Waals surface area contributed by atoms with Gasteiger partial charge in [-0.05, 0) is 12.8 Å². The Kier molecular flexibility index (Phi) is 17.7. The highest BCUT2D eigenvalue weighted by molar-refractivity contribution is 6.77. The summed E-state index contributed by atoms with van der Waals surface area (Å²) < 4.78 is 0. The topological polar surface area (TPSA) is 0 Å². The van der Waals surface area contributed by atoms with Gasteiger partial charge in [0.1, 0.15) is 0 Å². The molecule has 0 bridgehead atoms. The lowest BCUT2D eigenvalue weighted by Gasteiger charge is -2.22. The second kappa shape index (κ2) is 17.8. The van der Waals surface area contributed by atoms with Crippen LogP contribution in [0.15, 0.2) is 12.7 Å². The fraction of sp³-hybridized carbons (Fsp3) is 0.913. The number of unbranched alkanes of at least 4 members (excludes halogenated alkanes) is 14. The van der Waals surface area contributed by atoms with Crippen LogP contribution in [0, 0.1) is 0 Å². The van der Waals surface area contributed by atoms with Crippen LogP contribution in [-0.2, 0) is 0 Å². The maximum absolute atomic E-state index is 3.80. The minimum absolute atomic E-state index is 0.884. The molecule has 0 fully saturated rings. The first-order valence-corrected chi connectivity index (χ1v) is 14.6. The third kappa shape index (κ3) is 18.3. The first-order valence-electron chi connectivity index (χ1n) is 11.2. The van der Waals surface area contributed by atoms with Gasteiger partial charge in [0.15, 0.2) is 0 Å². The zero-order chi connectivity index (χ0) is 17.9. The SMILES string of the molecule is C=CCCCCCCCC[Si](C)(C)CCCCCCCCCCC. The van der Waals surface area contributed by atoms with Crippen LogP contribution in [0.3, 0.4) is 0 Å². The molecular formula is C23H48Si. The molecule has 0 saturated carbocycles. The van der Waals surface area contributed by atoms with Crippen LogP contribution in [0.2, 0.25) is 25.2 Å². The summed E-state index contributed by atoms with van der Waals surface area (Å²) in [6, 6.07) is 3.14. The first kappa shape index (κ1) is 24.0. The van der Waals surface area contributed by atoms with Gasteiger partial charge in [0.05, 0.1) is 0 Å². The molecule has 0 spiro atoms. The molecule has 0 N–H and O–H groups in total. The monoisotopic (exact) mass is 352 g/mol. The smallest absolute Gasteiger partial charge is 0.0473 e. The number of hydrogen-bond acceptors (Lipinski definition) is 0. The average Bonchev–Trinajstić information content (AvgIpc) is 2.55. The van der Waals surface area contributed by atoms with Gasteiger partial charge >= 0.3 is 0 Å². The molecule has 0 heterocycles. The number of hydrogen-bond donors (Lipinski definition) is 0. The van der Waals surface area contributed by atoms with Crippen LogP contribution < -0.4 is 0 Å². The van der Waals surface area contributed by atoms with Crippen LogP contribution in [0.1, 0.15) is 110 Å².